The van der Waals surface area contributed by atoms with E-state index >= 15 is 0 Å². The quantitative estimate of drug-likeness (QED) is 0.709. The summed E-state index contributed by atoms with van der Waals surface area (Å²) in [7, 11) is 1.64. The molecule has 3 heterocycles. The van der Waals surface area contributed by atoms with Gasteiger partial charge in [-0.3, -0.25) is 4.79 Å². The Kier molecular flexibility index (Phi) is 4.49. The van der Waals surface area contributed by atoms with Crippen molar-refractivity contribution in [3.63, 3.8) is 0 Å². The number of amides is 1. The fourth-order valence-corrected chi connectivity index (χ4v) is 4.30. The molecule has 9 heteroatoms. The van der Waals surface area contributed by atoms with Crippen molar-refractivity contribution in [2.75, 3.05) is 19.0 Å². The van der Waals surface area contributed by atoms with Gasteiger partial charge in [0.1, 0.15) is 5.75 Å². The Balaban J connectivity index is 1.34. The third-order valence-electron chi connectivity index (χ3n) is 5.80. The molecule has 2 aromatic heterocycles. The van der Waals surface area contributed by atoms with E-state index in [0.29, 0.717) is 35.5 Å². The molecule has 2 atom stereocenters. The first-order valence-electron chi connectivity index (χ1n) is 10.00. The number of fused-ring (bicyclic) bond motifs is 1. The average Bonchev–Trinajstić information content (AvgIpc) is 3.47. The number of likely N-dealkylation sites (tertiary alicyclic amines) is 1. The van der Waals surface area contributed by atoms with E-state index in [1.807, 2.05) is 24.3 Å². The van der Waals surface area contributed by atoms with E-state index in [-0.39, 0.29) is 6.04 Å². The highest BCUT2D eigenvalue weighted by Crippen LogP contribution is 2.29. The first-order valence-corrected chi connectivity index (χ1v) is 10.00. The van der Waals surface area contributed by atoms with Crippen molar-refractivity contribution in [1.29, 1.82) is 0 Å². The molecular formula is C20H23N7O2. The molecule has 1 amide bonds. The van der Waals surface area contributed by atoms with E-state index in [0.717, 1.165) is 43.7 Å². The summed E-state index contributed by atoms with van der Waals surface area (Å²) in [4.78, 5) is 23.1. The SMILES string of the molecule is COc1ccc(-n2nnc3cnc(N[C@@H]4CCC(N5CCCC5=O)C4)nc32)cc1. The van der Waals surface area contributed by atoms with Crippen molar-refractivity contribution in [3.05, 3.63) is 30.5 Å². The Morgan fingerprint density at radius 1 is 1.21 bits per heavy atom. The van der Waals surface area contributed by atoms with Crippen LogP contribution in [0.2, 0.25) is 0 Å². The fourth-order valence-electron chi connectivity index (χ4n) is 4.30. The predicted octanol–water partition coefficient (Wildman–Crippen LogP) is 2.17. The van der Waals surface area contributed by atoms with Crippen molar-refractivity contribution < 1.29 is 9.53 Å². The topological polar surface area (TPSA) is 98.1 Å². The number of hydrogen-bond acceptors (Lipinski definition) is 7. The summed E-state index contributed by atoms with van der Waals surface area (Å²) < 4.78 is 6.91. The number of nitrogens with zero attached hydrogens (tertiary/aromatic N) is 6. The molecule has 0 radical (unpaired) electrons. The van der Waals surface area contributed by atoms with Gasteiger partial charge in [-0.2, -0.15) is 9.67 Å². The molecule has 2 aliphatic rings. The molecule has 2 fully saturated rings. The van der Waals surface area contributed by atoms with Crippen LogP contribution in [-0.4, -0.2) is 61.5 Å². The summed E-state index contributed by atoms with van der Waals surface area (Å²) in [5.74, 6) is 1.64. The number of carbonyl (C=O) groups excluding carboxylic acids is 1. The molecule has 1 saturated heterocycles. The fraction of sp³-hybridized carbons (Fsp3) is 0.450. The van der Waals surface area contributed by atoms with Gasteiger partial charge in [0.05, 0.1) is 19.0 Å². The van der Waals surface area contributed by atoms with Crippen LogP contribution in [0, 0.1) is 0 Å². The lowest BCUT2D eigenvalue weighted by atomic mass is 10.2. The molecule has 5 rings (SSSR count). The first kappa shape index (κ1) is 17.8. The smallest absolute Gasteiger partial charge is 0.225 e. The minimum Gasteiger partial charge on any atom is -0.497 e. The zero-order chi connectivity index (χ0) is 19.8. The number of aromatic nitrogens is 5. The van der Waals surface area contributed by atoms with Crippen LogP contribution >= 0.6 is 0 Å². The number of carbonyl (C=O) groups is 1. The van der Waals surface area contributed by atoms with E-state index in [4.69, 9.17) is 4.74 Å². The van der Waals surface area contributed by atoms with Gasteiger partial charge in [0.25, 0.3) is 0 Å². The summed E-state index contributed by atoms with van der Waals surface area (Å²) >= 11 is 0. The van der Waals surface area contributed by atoms with Gasteiger partial charge in [0.2, 0.25) is 11.9 Å². The maximum absolute atomic E-state index is 12.0. The number of ether oxygens (including phenoxy) is 1. The Morgan fingerprint density at radius 2 is 2.07 bits per heavy atom. The summed E-state index contributed by atoms with van der Waals surface area (Å²) in [6.45, 7) is 0.894. The lowest BCUT2D eigenvalue weighted by Crippen LogP contribution is -2.35. The van der Waals surface area contributed by atoms with E-state index in [9.17, 15) is 4.79 Å². The van der Waals surface area contributed by atoms with Crippen LogP contribution in [0.3, 0.4) is 0 Å². The normalized spacial score (nSPS) is 21.8. The van der Waals surface area contributed by atoms with Crippen molar-refractivity contribution in [1.82, 2.24) is 29.9 Å². The van der Waals surface area contributed by atoms with Gasteiger partial charge in [0, 0.05) is 25.0 Å². The molecule has 0 spiro atoms. The zero-order valence-electron chi connectivity index (χ0n) is 16.3. The van der Waals surface area contributed by atoms with E-state index < -0.39 is 0 Å². The lowest BCUT2D eigenvalue weighted by Gasteiger charge is -2.23. The van der Waals surface area contributed by atoms with Gasteiger partial charge in [-0.15, -0.1) is 5.10 Å². The van der Waals surface area contributed by atoms with Crippen LogP contribution < -0.4 is 10.1 Å². The number of hydrogen-bond donors (Lipinski definition) is 1. The molecule has 150 valence electrons. The second kappa shape index (κ2) is 7.31. The molecule has 1 N–H and O–H groups in total. The van der Waals surface area contributed by atoms with Crippen LogP contribution in [0.15, 0.2) is 30.5 Å². The number of benzene rings is 1. The number of rotatable bonds is 5. The second-order valence-corrected chi connectivity index (χ2v) is 7.60. The maximum atomic E-state index is 12.0. The van der Waals surface area contributed by atoms with Crippen molar-refractivity contribution in [2.24, 2.45) is 0 Å². The van der Waals surface area contributed by atoms with Crippen LogP contribution in [-0.2, 0) is 4.79 Å². The van der Waals surface area contributed by atoms with Crippen molar-refractivity contribution in [3.8, 4) is 11.4 Å². The molecule has 1 aliphatic heterocycles. The third kappa shape index (κ3) is 3.37. The van der Waals surface area contributed by atoms with Gasteiger partial charge in [-0.25, -0.2) is 4.98 Å². The minimum atomic E-state index is 0.260. The maximum Gasteiger partial charge on any atom is 0.225 e. The van der Waals surface area contributed by atoms with Crippen LogP contribution in [0.25, 0.3) is 16.9 Å². The zero-order valence-corrected chi connectivity index (χ0v) is 16.3. The Bertz CT molecular complexity index is 1030. The Hall–Kier alpha value is -3.23. The number of anilines is 1. The predicted molar refractivity (Wildman–Crippen MR) is 107 cm³/mol. The Morgan fingerprint density at radius 3 is 2.83 bits per heavy atom. The highest BCUT2D eigenvalue weighted by molar-refractivity contribution is 5.78. The summed E-state index contributed by atoms with van der Waals surface area (Å²) in [6.07, 6.45) is 6.33. The number of methoxy groups -OCH3 is 1. The molecule has 9 nitrogen and oxygen atoms in total. The van der Waals surface area contributed by atoms with Gasteiger partial charge in [-0.1, -0.05) is 5.21 Å². The Labute approximate surface area is 168 Å². The lowest BCUT2D eigenvalue weighted by molar-refractivity contribution is -0.129. The minimum absolute atomic E-state index is 0.260. The van der Waals surface area contributed by atoms with Crippen molar-refractivity contribution >= 4 is 23.0 Å². The average molecular weight is 393 g/mol. The summed E-state index contributed by atoms with van der Waals surface area (Å²) in [6, 6.07) is 8.17. The standard InChI is InChI=1S/C20H23N7O2/c1-29-16-8-6-14(7-9-16)27-19-17(24-25-27)12-21-20(23-19)22-13-4-5-15(11-13)26-10-2-3-18(26)28/h6-9,12-13,15H,2-5,10-11H2,1H3,(H,21,22,23)/t13-,15?/m1/s1. The van der Waals surface area contributed by atoms with Gasteiger partial charge in [0.15, 0.2) is 11.2 Å². The van der Waals surface area contributed by atoms with Crippen LogP contribution in [0.5, 0.6) is 5.75 Å². The molecule has 1 aromatic carbocycles. The molecular weight excluding hydrogens is 370 g/mol. The summed E-state index contributed by atoms with van der Waals surface area (Å²) in [5, 5.41) is 11.8. The van der Waals surface area contributed by atoms with Gasteiger partial charge in [-0.05, 0) is 49.9 Å². The largest absolute Gasteiger partial charge is 0.497 e. The molecule has 1 saturated carbocycles. The van der Waals surface area contributed by atoms with E-state index in [1.165, 1.54) is 0 Å². The highest BCUT2D eigenvalue weighted by Gasteiger charge is 2.34. The van der Waals surface area contributed by atoms with Gasteiger partial charge >= 0.3 is 0 Å². The summed E-state index contributed by atoms with van der Waals surface area (Å²) in [5.41, 5.74) is 2.14. The van der Waals surface area contributed by atoms with E-state index in [2.05, 4.69) is 30.5 Å². The number of nitrogens with one attached hydrogen (secondary N) is 1. The molecule has 0 bridgehead atoms. The highest BCUT2D eigenvalue weighted by atomic mass is 16.5. The van der Waals surface area contributed by atoms with Crippen LogP contribution in [0.4, 0.5) is 5.95 Å². The van der Waals surface area contributed by atoms with E-state index in [1.54, 1.807) is 18.0 Å². The van der Waals surface area contributed by atoms with Crippen molar-refractivity contribution in [2.45, 2.75) is 44.2 Å². The molecule has 1 aliphatic carbocycles. The molecule has 3 aromatic rings. The monoisotopic (exact) mass is 393 g/mol. The van der Waals surface area contributed by atoms with Crippen LogP contribution in [0.1, 0.15) is 32.1 Å². The first-order chi connectivity index (χ1) is 14.2. The second-order valence-electron chi connectivity index (χ2n) is 7.60. The molecule has 1 unspecified atom stereocenters. The van der Waals surface area contributed by atoms with Gasteiger partial charge < -0.3 is 15.0 Å². The third-order valence-corrected chi connectivity index (χ3v) is 5.80. The molecule has 29 heavy (non-hydrogen) atoms.